The minimum Gasteiger partial charge on any atom is -0.476 e. The van der Waals surface area contributed by atoms with Gasteiger partial charge in [0.15, 0.2) is 5.70 Å². The van der Waals surface area contributed by atoms with E-state index in [2.05, 4.69) is 9.98 Å². The Kier molecular flexibility index (Phi) is 2.41. The normalized spacial score (nSPS) is 13.7. The van der Waals surface area contributed by atoms with E-state index in [0.717, 1.165) is 5.22 Å². The number of rotatable bonds is 1. The summed E-state index contributed by atoms with van der Waals surface area (Å²) in [6, 6.07) is 7.12. The number of aliphatic imine (C=N–C) groups is 2. The molecule has 0 amide bonds. The number of fused-ring (bicyclic) bond motifs is 1. The molecule has 0 bridgehead atoms. The van der Waals surface area contributed by atoms with Crippen LogP contribution in [0.25, 0.3) is 11.9 Å². The van der Waals surface area contributed by atoms with Crippen LogP contribution in [-0.2, 0) is 4.79 Å². The van der Waals surface area contributed by atoms with Crippen molar-refractivity contribution in [3.8, 4) is 0 Å². The summed E-state index contributed by atoms with van der Waals surface area (Å²) in [4.78, 5) is 18.8. The average Bonchev–Trinajstić information content (AvgIpc) is 2.18. The molecule has 1 N–H and O–H groups in total. The minimum absolute atomic E-state index is 0.0352. The number of nitrogens with zero attached hydrogens (tertiary/aromatic N) is 2. The highest BCUT2D eigenvalue weighted by atomic mass is 16.4. The molecule has 0 unspecified atom stereocenters. The van der Waals surface area contributed by atoms with Gasteiger partial charge in [-0.3, -0.25) is 4.99 Å². The Morgan fingerprint density at radius 2 is 2.00 bits per heavy atom. The second-order valence-corrected chi connectivity index (χ2v) is 2.95. The first-order chi connectivity index (χ1) is 7.29. The standard InChI is InChI=1S/C11H8N2O2/c14-11(15)10-9-4-2-1-3-8(9)7-12-5-6-13-10/h1-7H,(H,14,15). The van der Waals surface area contributed by atoms with Crippen molar-refractivity contribution in [2.45, 2.75) is 0 Å². The molecule has 0 fully saturated rings. The van der Waals surface area contributed by atoms with Crippen LogP contribution in [0.4, 0.5) is 0 Å². The second-order valence-electron chi connectivity index (χ2n) is 2.95. The van der Waals surface area contributed by atoms with Crippen LogP contribution in [0.15, 0.2) is 34.3 Å². The third-order valence-electron chi connectivity index (χ3n) is 1.99. The molecule has 0 aromatic heterocycles. The van der Waals surface area contributed by atoms with Gasteiger partial charge >= 0.3 is 5.97 Å². The second kappa shape index (κ2) is 3.88. The summed E-state index contributed by atoms with van der Waals surface area (Å²) >= 11 is 0. The van der Waals surface area contributed by atoms with E-state index in [9.17, 15) is 4.79 Å². The largest absolute Gasteiger partial charge is 0.476 e. The summed E-state index contributed by atoms with van der Waals surface area (Å²) in [5.74, 6) is -1.04. The minimum atomic E-state index is -1.04. The lowest BCUT2D eigenvalue weighted by Gasteiger charge is -1.97. The maximum atomic E-state index is 11.0. The number of carboxylic acid groups (broad SMARTS) is 1. The van der Waals surface area contributed by atoms with Crippen molar-refractivity contribution >= 4 is 30.3 Å². The molecule has 0 atom stereocenters. The zero-order valence-corrected chi connectivity index (χ0v) is 7.79. The van der Waals surface area contributed by atoms with Crippen molar-refractivity contribution in [3.63, 3.8) is 0 Å². The Balaban J connectivity index is 2.91. The topological polar surface area (TPSA) is 62.0 Å². The fourth-order valence-electron chi connectivity index (χ4n) is 1.33. The number of carbonyl (C=O) groups is 1. The molecule has 4 nitrogen and oxygen atoms in total. The van der Waals surface area contributed by atoms with E-state index in [0.29, 0.717) is 5.22 Å². The lowest BCUT2D eigenvalue weighted by molar-refractivity contribution is -0.130. The highest BCUT2D eigenvalue weighted by molar-refractivity contribution is 6.21. The Hall–Kier alpha value is -2.23. The van der Waals surface area contributed by atoms with Gasteiger partial charge in [-0.1, -0.05) is 24.3 Å². The van der Waals surface area contributed by atoms with Gasteiger partial charge in [0, 0.05) is 29.1 Å². The van der Waals surface area contributed by atoms with Crippen molar-refractivity contribution in [3.05, 3.63) is 34.7 Å². The highest BCUT2D eigenvalue weighted by Crippen LogP contribution is 1.94. The Morgan fingerprint density at radius 3 is 2.80 bits per heavy atom. The van der Waals surface area contributed by atoms with E-state index in [4.69, 9.17) is 5.11 Å². The van der Waals surface area contributed by atoms with E-state index in [1.165, 1.54) is 12.4 Å². The summed E-state index contributed by atoms with van der Waals surface area (Å²) in [6.45, 7) is 0. The van der Waals surface area contributed by atoms with Crippen molar-refractivity contribution in [1.29, 1.82) is 0 Å². The van der Waals surface area contributed by atoms with Crippen LogP contribution in [0.1, 0.15) is 0 Å². The molecule has 0 aliphatic carbocycles. The fourth-order valence-corrected chi connectivity index (χ4v) is 1.33. The predicted molar refractivity (Wildman–Crippen MR) is 58.2 cm³/mol. The average molecular weight is 200 g/mol. The van der Waals surface area contributed by atoms with Crippen LogP contribution >= 0.6 is 0 Å². The monoisotopic (exact) mass is 200 g/mol. The van der Waals surface area contributed by atoms with Gasteiger partial charge in [-0.05, 0) is 0 Å². The van der Waals surface area contributed by atoms with Crippen molar-refractivity contribution in [1.82, 2.24) is 0 Å². The number of hydrogen-bond donors (Lipinski definition) is 1. The zero-order chi connectivity index (χ0) is 10.7. The molecular weight excluding hydrogens is 192 g/mol. The van der Waals surface area contributed by atoms with Gasteiger partial charge in [-0.15, -0.1) is 0 Å². The maximum absolute atomic E-state index is 11.0. The molecule has 0 radical (unpaired) electrons. The third-order valence-corrected chi connectivity index (χ3v) is 1.99. The van der Waals surface area contributed by atoms with E-state index in [-0.39, 0.29) is 5.70 Å². The molecular formula is C11H8N2O2. The third kappa shape index (κ3) is 1.83. The smallest absolute Gasteiger partial charge is 0.355 e. The highest BCUT2D eigenvalue weighted by Gasteiger charge is 2.06. The lowest BCUT2D eigenvalue weighted by atomic mass is 10.2. The van der Waals surface area contributed by atoms with E-state index >= 15 is 0 Å². The zero-order valence-electron chi connectivity index (χ0n) is 7.79. The van der Waals surface area contributed by atoms with Crippen LogP contribution in [0, 0.1) is 0 Å². The molecule has 0 saturated carbocycles. The summed E-state index contributed by atoms with van der Waals surface area (Å²) in [7, 11) is 0. The fraction of sp³-hybridized carbons (Fsp3) is 0. The quantitative estimate of drug-likeness (QED) is 0.680. The van der Waals surface area contributed by atoms with Crippen molar-refractivity contribution < 1.29 is 9.90 Å². The van der Waals surface area contributed by atoms with Gasteiger partial charge in [-0.2, -0.15) is 0 Å². The number of benzene rings is 1. The van der Waals surface area contributed by atoms with Gasteiger partial charge in [0.1, 0.15) is 0 Å². The van der Waals surface area contributed by atoms with Gasteiger partial charge in [0.2, 0.25) is 0 Å². The number of hydrogen-bond acceptors (Lipinski definition) is 3. The SMILES string of the molecule is O=C(O)C1=c2ccccc2=CN=CC=N1. The Labute approximate surface area is 85.6 Å². The van der Waals surface area contributed by atoms with Crippen LogP contribution < -0.4 is 10.4 Å². The lowest BCUT2D eigenvalue weighted by Crippen LogP contribution is -2.28. The first-order valence-corrected chi connectivity index (χ1v) is 4.38. The van der Waals surface area contributed by atoms with Crippen LogP contribution in [-0.4, -0.2) is 23.5 Å². The molecule has 0 spiro atoms. The van der Waals surface area contributed by atoms with Gasteiger partial charge in [-0.25, -0.2) is 9.79 Å². The van der Waals surface area contributed by atoms with Crippen molar-refractivity contribution in [2.24, 2.45) is 9.98 Å². The van der Waals surface area contributed by atoms with Crippen LogP contribution in [0.3, 0.4) is 0 Å². The summed E-state index contributed by atoms with van der Waals surface area (Å²) in [6.07, 6.45) is 4.44. The molecule has 1 heterocycles. The molecule has 2 rings (SSSR count). The summed E-state index contributed by atoms with van der Waals surface area (Å²) < 4.78 is 0. The molecule has 1 aromatic rings. The molecule has 1 aromatic carbocycles. The molecule has 0 saturated heterocycles. The van der Waals surface area contributed by atoms with Crippen LogP contribution in [0.2, 0.25) is 0 Å². The Bertz CT molecular complexity index is 570. The summed E-state index contributed by atoms with van der Waals surface area (Å²) in [5.41, 5.74) is 0.0352. The molecule has 74 valence electrons. The van der Waals surface area contributed by atoms with E-state index in [1.807, 2.05) is 6.07 Å². The van der Waals surface area contributed by atoms with Gasteiger partial charge in [0.25, 0.3) is 0 Å². The Morgan fingerprint density at radius 1 is 1.20 bits per heavy atom. The van der Waals surface area contributed by atoms with Gasteiger partial charge in [0.05, 0.1) is 0 Å². The number of carboxylic acids is 1. The summed E-state index contributed by atoms with van der Waals surface area (Å²) in [5, 5.41) is 10.3. The van der Waals surface area contributed by atoms with Gasteiger partial charge < -0.3 is 5.11 Å². The molecule has 4 heteroatoms. The maximum Gasteiger partial charge on any atom is 0.355 e. The first-order valence-electron chi connectivity index (χ1n) is 4.38. The first kappa shape index (κ1) is 9.33. The van der Waals surface area contributed by atoms with E-state index < -0.39 is 5.97 Å². The molecule has 1 aliphatic rings. The van der Waals surface area contributed by atoms with Crippen LogP contribution in [0.5, 0.6) is 0 Å². The van der Waals surface area contributed by atoms with E-state index in [1.54, 1.807) is 24.4 Å². The predicted octanol–water partition coefficient (Wildman–Crippen LogP) is -0.227. The molecule has 15 heavy (non-hydrogen) atoms. The molecule has 1 aliphatic heterocycles. The van der Waals surface area contributed by atoms with Crippen molar-refractivity contribution in [2.75, 3.05) is 0 Å². The number of aliphatic carboxylic acids is 1.